The van der Waals surface area contributed by atoms with E-state index in [-0.39, 0.29) is 18.0 Å². The molecule has 0 unspecified atom stereocenters. The molecule has 0 bridgehead atoms. The van der Waals surface area contributed by atoms with Crippen molar-refractivity contribution in [3.05, 3.63) is 52.5 Å². The van der Waals surface area contributed by atoms with Crippen LogP contribution in [0.3, 0.4) is 0 Å². The molecule has 0 saturated carbocycles. The fourth-order valence-electron chi connectivity index (χ4n) is 1.55. The SMILES string of the molecule is Nc1cc(NC(=O)COc2cc(Br)ccc2F)ccc1F. The third-order valence-electron chi connectivity index (χ3n) is 2.53. The minimum atomic E-state index is -0.572. The summed E-state index contributed by atoms with van der Waals surface area (Å²) in [5.74, 6) is -1.70. The van der Waals surface area contributed by atoms with Gasteiger partial charge in [-0.1, -0.05) is 15.9 Å². The monoisotopic (exact) mass is 356 g/mol. The van der Waals surface area contributed by atoms with Crippen LogP contribution < -0.4 is 15.8 Å². The number of hydrogen-bond acceptors (Lipinski definition) is 3. The van der Waals surface area contributed by atoms with Crippen LogP contribution in [-0.2, 0) is 4.79 Å². The smallest absolute Gasteiger partial charge is 0.262 e. The molecule has 0 fully saturated rings. The van der Waals surface area contributed by atoms with Gasteiger partial charge in [0.25, 0.3) is 5.91 Å². The summed E-state index contributed by atoms with van der Waals surface area (Å²) in [7, 11) is 0. The highest BCUT2D eigenvalue weighted by molar-refractivity contribution is 9.10. The van der Waals surface area contributed by atoms with Crippen LogP contribution in [0, 0.1) is 11.6 Å². The number of anilines is 2. The van der Waals surface area contributed by atoms with E-state index in [1.165, 1.54) is 30.3 Å². The number of carbonyl (C=O) groups is 1. The van der Waals surface area contributed by atoms with Crippen LogP contribution in [0.2, 0.25) is 0 Å². The summed E-state index contributed by atoms with van der Waals surface area (Å²) in [5.41, 5.74) is 5.64. The number of halogens is 3. The summed E-state index contributed by atoms with van der Waals surface area (Å²) in [5, 5.41) is 2.47. The van der Waals surface area contributed by atoms with E-state index in [9.17, 15) is 13.6 Å². The van der Waals surface area contributed by atoms with Crippen LogP contribution in [0.1, 0.15) is 0 Å². The zero-order valence-corrected chi connectivity index (χ0v) is 12.3. The molecule has 3 N–H and O–H groups in total. The lowest BCUT2D eigenvalue weighted by molar-refractivity contribution is -0.118. The second kappa shape index (κ2) is 6.53. The van der Waals surface area contributed by atoms with E-state index in [1.54, 1.807) is 0 Å². The maximum atomic E-state index is 13.4. The van der Waals surface area contributed by atoms with Gasteiger partial charge in [-0.2, -0.15) is 0 Å². The Morgan fingerprint density at radius 3 is 2.62 bits per heavy atom. The Hall–Kier alpha value is -2.15. The van der Waals surface area contributed by atoms with Crippen LogP contribution in [0.5, 0.6) is 5.75 Å². The first kappa shape index (κ1) is 15.2. The van der Waals surface area contributed by atoms with Crippen LogP contribution in [-0.4, -0.2) is 12.5 Å². The molecule has 4 nitrogen and oxygen atoms in total. The van der Waals surface area contributed by atoms with Gasteiger partial charge in [0.2, 0.25) is 0 Å². The van der Waals surface area contributed by atoms with Crippen molar-refractivity contribution in [1.29, 1.82) is 0 Å². The number of amides is 1. The Kier molecular flexibility index (Phi) is 4.74. The molecule has 0 aliphatic carbocycles. The molecule has 0 saturated heterocycles. The highest BCUT2D eigenvalue weighted by Gasteiger charge is 2.09. The number of nitrogen functional groups attached to an aromatic ring is 1. The lowest BCUT2D eigenvalue weighted by Crippen LogP contribution is -2.20. The van der Waals surface area contributed by atoms with Crippen molar-refractivity contribution in [2.24, 2.45) is 0 Å². The fourth-order valence-corrected chi connectivity index (χ4v) is 1.89. The molecule has 0 heterocycles. The molecular formula is C14H11BrF2N2O2. The summed E-state index contributed by atoms with van der Waals surface area (Å²) in [6.45, 7) is -0.384. The van der Waals surface area contributed by atoms with Crippen molar-refractivity contribution in [2.45, 2.75) is 0 Å². The third-order valence-corrected chi connectivity index (χ3v) is 3.03. The number of benzene rings is 2. The maximum Gasteiger partial charge on any atom is 0.262 e. The Morgan fingerprint density at radius 2 is 1.90 bits per heavy atom. The average Bonchev–Trinajstić information content (AvgIpc) is 2.44. The first-order valence-corrected chi connectivity index (χ1v) is 6.68. The number of hydrogen-bond donors (Lipinski definition) is 2. The molecular weight excluding hydrogens is 346 g/mol. The minimum absolute atomic E-state index is 0.0434. The second-order valence-electron chi connectivity index (χ2n) is 4.15. The highest BCUT2D eigenvalue weighted by Crippen LogP contribution is 2.22. The molecule has 1 amide bonds. The van der Waals surface area contributed by atoms with Crippen molar-refractivity contribution in [1.82, 2.24) is 0 Å². The van der Waals surface area contributed by atoms with Crippen molar-refractivity contribution < 1.29 is 18.3 Å². The second-order valence-corrected chi connectivity index (χ2v) is 5.06. The van der Waals surface area contributed by atoms with Gasteiger partial charge in [-0.25, -0.2) is 8.78 Å². The summed E-state index contributed by atoms with van der Waals surface area (Å²) in [6.07, 6.45) is 0. The minimum Gasteiger partial charge on any atom is -0.481 e. The van der Waals surface area contributed by atoms with Gasteiger partial charge in [0, 0.05) is 10.2 Å². The average molecular weight is 357 g/mol. The van der Waals surface area contributed by atoms with Crippen molar-refractivity contribution in [3.8, 4) is 5.75 Å². The largest absolute Gasteiger partial charge is 0.481 e. The molecule has 21 heavy (non-hydrogen) atoms. The molecule has 110 valence electrons. The number of nitrogens with two attached hydrogens (primary N) is 1. The van der Waals surface area contributed by atoms with E-state index in [1.807, 2.05) is 0 Å². The van der Waals surface area contributed by atoms with Crippen LogP contribution in [0.25, 0.3) is 0 Å². The van der Waals surface area contributed by atoms with E-state index < -0.39 is 17.5 Å². The predicted molar refractivity (Wildman–Crippen MR) is 79.0 cm³/mol. The molecule has 0 atom stereocenters. The van der Waals surface area contributed by atoms with Gasteiger partial charge in [0.05, 0.1) is 5.69 Å². The quantitative estimate of drug-likeness (QED) is 0.825. The molecule has 0 radical (unpaired) electrons. The van der Waals surface area contributed by atoms with E-state index in [2.05, 4.69) is 21.2 Å². The molecule has 7 heteroatoms. The van der Waals surface area contributed by atoms with Gasteiger partial charge in [0.1, 0.15) is 5.82 Å². The Labute approximate surface area is 128 Å². The van der Waals surface area contributed by atoms with Crippen molar-refractivity contribution in [3.63, 3.8) is 0 Å². The van der Waals surface area contributed by atoms with Crippen molar-refractivity contribution in [2.75, 3.05) is 17.7 Å². The summed E-state index contributed by atoms with van der Waals surface area (Å²) in [4.78, 5) is 11.7. The van der Waals surface area contributed by atoms with E-state index >= 15 is 0 Å². The van der Waals surface area contributed by atoms with E-state index in [0.29, 0.717) is 10.2 Å². The lowest BCUT2D eigenvalue weighted by atomic mass is 10.2. The van der Waals surface area contributed by atoms with E-state index in [0.717, 1.165) is 6.07 Å². The van der Waals surface area contributed by atoms with Crippen LogP contribution >= 0.6 is 15.9 Å². The summed E-state index contributed by atoms with van der Waals surface area (Å²) < 4.78 is 32.1. The Bertz CT molecular complexity index is 680. The zero-order chi connectivity index (χ0) is 15.4. The standard InChI is InChI=1S/C14H11BrF2N2O2/c15-8-1-3-11(17)13(5-8)21-7-14(20)19-9-2-4-10(16)12(18)6-9/h1-6H,7,18H2,(H,19,20). The summed E-state index contributed by atoms with van der Waals surface area (Å²) in [6, 6.07) is 7.94. The van der Waals surface area contributed by atoms with Gasteiger partial charge in [-0.15, -0.1) is 0 Å². The van der Waals surface area contributed by atoms with Crippen molar-refractivity contribution >= 4 is 33.2 Å². The van der Waals surface area contributed by atoms with Gasteiger partial charge >= 0.3 is 0 Å². The molecule has 0 aliphatic rings. The van der Waals surface area contributed by atoms with Gasteiger partial charge in [-0.05, 0) is 36.4 Å². The Balaban J connectivity index is 1.95. The first-order chi connectivity index (χ1) is 9.95. The zero-order valence-electron chi connectivity index (χ0n) is 10.7. The number of nitrogens with one attached hydrogen (secondary N) is 1. The number of ether oxygens (including phenoxy) is 1. The molecule has 2 aromatic rings. The predicted octanol–water partition coefficient (Wildman–Crippen LogP) is 3.33. The first-order valence-electron chi connectivity index (χ1n) is 5.88. The summed E-state index contributed by atoms with van der Waals surface area (Å²) >= 11 is 3.18. The topological polar surface area (TPSA) is 64.3 Å². The van der Waals surface area contributed by atoms with E-state index in [4.69, 9.17) is 10.5 Å². The van der Waals surface area contributed by atoms with Crippen LogP contribution in [0.15, 0.2) is 40.9 Å². The van der Waals surface area contributed by atoms with Gasteiger partial charge in [-0.3, -0.25) is 4.79 Å². The highest BCUT2D eigenvalue weighted by atomic mass is 79.9. The fraction of sp³-hybridized carbons (Fsp3) is 0.0714. The number of carbonyl (C=O) groups excluding carboxylic acids is 1. The number of rotatable bonds is 4. The van der Waals surface area contributed by atoms with Gasteiger partial charge < -0.3 is 15.8 Å². The van der Waals surface area contributed by atoms with Crippen LogP contribution in [0.4, 0.5) is 20.2 Å². The molecule has 0 aromatic heterocycles. The Morgan fingerprint density at radius 1 is 1.19 bits per heavy atom. The normalized spacial score (nSPS) is 10.2. The van der Waals surface area contributed by atoms with Gasteiger partial charge in [0.15, 0.2) is 18.2 Å². The third kappa shape index (κ3) is 4.16. The molecule has 0 aliphatic heterocycles. The maximum absolute atomic E-state index is 13.4. The lowest BCUT2D eigenvalue weighted by Gasteiger charge is -2.09. The molecule has 0 spiro atoms. The molecule has 2 aromatic carbocycles. The molecule has 2 rings (SSSR count).